The zero-order valence-corrected chi connectivity index (χ0v) is 19.0. The molecule has 34 heavy (non-hydrogen) atoms. The molecule has 1 unspecified atom stereocenters. The average molecular weight is 500 g/mol. The molecular weight excluding hydrogens is 475 g/mol. The van der Waals surface area contributed by atoms with Crippen LogP contribution in [0.1, 0.15) is 43.3 Å². The van der Waals surface area contributed by atoms with Crippen molar-refractivity contribution in [2.75, 3.05) is 25.0 Å². The Kier molecular flexibility index (Phi) is 6.34. The largest absolute Gasteiger partial charge is 0.522 e. The summed E-state index contributed by atoms with van der Waals surface area (Å²) < 4.78 is 48.8. The fraction of sp³-hybridized carbons (Fsp3) is 0.545. The van der Waals surface area contributed by atoms with Gasteiger partial charge in [0, 0.05) is 36.3 Å². The molecule has 1 atom stereocenters. The van der Waals surface area contributed by atoms with Gasteiger partial charge in [-0.05, 0) is 43.9 Å². The Morgan fingerprint density at radius 2 is 2.03 bits per heavy atom. The molecule has 1 aromatic heterocycles. The molecule has 0 spiro atoms. The summed E-state index contributed by atoms with van der Waals surface area (Å²) in [4.78, 5) is 17.1. The van der Waals surface area contributed by atoms with Crippen molar-refractivity contribution in [3.8, 4) is 5.75 Å². The highest BCUT2D eigenvalue weighted by Gasteiger charge is 2.41. The van der Waals surface area contributed by atoms with E-state index < -0.39 is 18.6 Å². The normalized spacial score (nSPS) is 25.6. The third-order valence-electron chi connectivity index (χ3n) is 6.57. The summed E-state index contributed by atoms with van der Waals surface area (Å²) in [6, 6.07) is 5.44. The average Bonchev–Trinajstić information content (AvgIpc) is 3.25. The predicted molar refractivity (Wildman–Crippen MR) is 117 cm³/mol. The molecule has 2 fully saturated rings. The van der Waals surface area contributed by atoms with E-state index in [-0.39, 0.29) is 17.9 Å². The van der Waals surface area contributed by atoms with Gasteiger partial charge in [-0.25, -0.2) is 9.99 Å². The van der Waals surface area contributed by atoms with Crippen molar-refractivity contribution in [3.05, 3.63) is 41.4 Å². The van der Waals surface area contributed by atoms with Gasteiger partial charge >= 0.3 is 6.36 Å². The van der Waals surface area contributed by atoms with Crippen LogP contribution in [0.5, 0.6) is 5.75 Å². The number of benzene rings is 1. The molecule has 5 rings (SSSR count). The predicted octanol–water partition coefficient (Wildman–Crippen LogP) is 3.86. The minimum atomic E-state index is -4.59. The third-order valence-corrected chi connectivity index (χ3v) is 6.81. The number of fused-ring (bicyclic) bond motifs is 1. The number of alkyl halides is 3. The van der Waals surface area contributed by atoms with Gasteiger partial charge in [0.25, 0.3) is 5.91 Å². The number of anilines is 1. The van der Waals surface area contributed by atoms with Gasteiger partial charge in [-0.3, -0.25) is 15.0 Å². The fourth-order valence-corrected chi connectivity index (χ4v) is 4.82. The Bertz CT molecular complexity index is 1040. The maximum Gasteiger partial charge on any atom is 0.522 e. The Balaban J connectivity index is 1.07. The number of carbonyl (C=O) groups is 1. The molecule has 1 aromatic carbocycles. The zero-order chi connectivity index (χ0) is 23.9. The lowest BCUT2D eigenvalue weighted by molar-refractivity contribution is -0.351. The Morgan fingerprint density at radius 3 is 2.76 bits per heavy atom. The van der Waals surface area contributed by atoms with E-state index in [1.807, 2.05) is 15.8 Å². The lowest BCUT2D eigenvalue weighted by atomic mass is 9.80. The van der Waals surface area contributed by atoms with Crippen molar-refractivity contribution in [1.29, 1.82) is 0 Å². The van der Waals surface area contributed by atoms with Crippen LogP contribution >= 0.6 is 11.6 Å². The minimum Gasteiger partial charge on any atom is -0.476 e. The SMILES string of the molecule is O=C(NN1CCC(n2cnc(C3CC(OC(F)(F)F)C3)c2)CC1)C1CNc2cc(Cl)ccc2O1. The van der Waals surface area contributed by atoms with Crippen LogP contribution in [-0.2, 0) is 9.53 Å². The number of hydrogen-bond acceptors (Lipinski definition) is 6. The molecule has 8 nitrogen and oxygen atoms in total. The minimum absolute atomic E-state index is 0.00163. The first-order valence-electron chi connectivity index (χ1n) is 11.3. The summed E-state index contributed by atoms with van der Waals surface area (Å²) in [5.74, 6) is 0.378. The molecule has 2 aliphatic heterocycles. The molecule has 3 heterocycles. The van der Waals surface area contributed by atoms with Crippen LogP contribution in [-0.4, -0.2) is 58.7 Å². The molecule has 0 radical (unpaired) electrons. The fourth-order valence-electron chi connectivity index (χ4n) is 4.65. The van der Waals surface area contributed by atoms with Crippen molar-refractivity contribution in [2.45, 2.75) is 56.2 Å². The van der Waals surface area contributed by atoms with E-state index >= 15 is 0 Å². The zero-order valence-electron chi connectivity index (χ0n) is 18.2. The number of aromatic nitrogens is 2. The number of hydrazine groups is 1. The van der Waals surface area contributed by atoms with Crippen LogP contribution in [0.25, 0.3) is 0 Å². The Morgan fingerprint density at radius 1 is 1.26 bits per heavy atom. The number of ether oxygens (including phenoxy) is 2. The van der Waals surface area contributed by atoms with Gasteiger partial charge in [-0.1, -0.05) is 11.6 Å². The van der Waals surface area contributed by atoms with Crippen LogP contribution in [0.4, 0.5) is 18.9 Å². The highest BCUT2D eigenvalue weighted by atomic mass is 35.5. The molecule has 12 heteroatoms. The maximum atomic E-state index is 12.7. The molecule has 3 aliphatic rings. The van der Waals surface area contributed by atoms with E-state index in [2.05, 4.69) is 20.5 Å². The number of carbonyl (C=O) groups excluding carboxylic acids is 1. The van der Waals surface area contributed by atoms with Crippen molar-refractivity contribution in [3.63, 3.8) is 0 Å². The van der Waals surface area contributed by atoms with Gasteiger partial charge in [0.2, 0.25) is 0 Å². The highest BCUT2D eigenvalue weighted by molar-refractivity contribution is 6.30. The third kappa shape index (κ3) is 5.26. The maximum absolute atomic E-state index is 12.7. The van der Waals surface area contributed by atoms with Crippen molar-refractivity contribution >= 4 is 23.2 Å². The summed E-state index contributed by atoms with van der Waals surface area (Å²) >= 11 is 5.98. The summed E-state index contributed by atoms with van der Waals surface area (Å²) in [5.41, 5.74) is 4.51. The van der Waals surface area contributed by atoms with Gasteiger partial charge in [0.05, 0.1) is 30.4 Å². The molecule has 1 saturated heterocycles. The van der Waals surface area contributed by atoms with E-state index in [1.54, 1.807) is 24.5 Å². The molecule has 0 bridgehead atoms. The summed E-state index contributed by atoms with van der Waals surface area (Å²) in [6.45, 7) is 1.69. The highest BCUT2D eigenvalue weighted by Crippen LogP contribution is 2.41. The van der Waals surface area contributed by atoms with E-state index in [0.29, 0.717) is 43.2 Å². The monoisotopic (exact) mass is 499 g/mol. The molecular formula is C22H25ClF3N5O3. The van der Waals surface area contributed by atoms with Crippen molar-refractivity contribution < 1.29 is 27.4 Å². The Labute approximate surface area is 199 Å². The van der Waals surface area contributed by atoms with Gasteiger partial charge in [-0.2, -0.15) is 0 Å². The van der Waals surface area contributed by atoms with Crippen LogP contribution in [0, 0.1) is 0 Å². The second-order valence-corrected chi connectivity index (χ2v) is 9.36. The second kappa shape index (κ2) is 9.27. The first-order chi connectivity index (χ1) is 16.2. The number of rotatable bonds is 5. The van der Waals surface area contributed by atoms with Crippen LogP contribution in [0.2, 0.25) is 5.02 Å². The van der Waals surface area contributed by atoms with Crippen molar-refractivity contribution in [2.24, 2.45) is 0 Å². The number of amides is 1. The van der Waals surface area contributed by atoms with Gasteiger partial charge < -0.3 is 14.6 Å². The number of imidazole rings is 1. The molecule has 2 aromatic rings. The van der Waals surface area contributed by atoms with E-state index in [0.717, 1.165) is 24.2 Å². The van der Waals surface area contributed by atoms with Crippen LogP contribution in [0.15, 0.2) is 30.7 Å². The molecule has 1 saturated carbocycles. The molecule has 1 amide bonds. The summed E-state index contributed by atoms with van der Waals surface area (Å²) in [7, 11) is 0. The van der Waals surface area contributed by atoms with Crippen LogP contribution < -0.4 is 15.5 Å². The molecule has 1 aliphatic carbocycles. The lowest BCUT2D eigenvalue weighted by Gasteiger charge is -2.35. The molecule has 2 N–H and O–H groups in total. The van der Waals surface area contributed by atoms with Gasteiger partial charge in [0.15, 0.2) is 6.10 Å². The standard InChI is InChI=1S/C22H25ClF3N5O3/c23-14-1-2-19-17(9-14)27-10-20(33-19)21(32)29-31-5-3-15(4-6-31)30-11-18(28-12-30)13-7-16(8-13)34-22(24,25)26/h1-2,9,11-13,15-16,20,27H,3-8,10H2,(H,29,32). The Hall–Kier alpha value is -2.50. The van der Waals surface area contributed by atoms with Crippen molar-refractivity contribution in [1.82, 2.24) is 20.0 Å². The first kappa shape index (κ1) is 23.3. The van der Waals surface area contributed by atoms with Crippen LogP contribution in [0.3, 0.4) is 0 Å². The second-order valence-electron chi connectivity index (χ2n) is 8.92. The first-order valence-corrected chi connectivity index (χ1v) is 11.6. The number of piperidine rings is 1. The lowest BCUT2D eigenvalue weighted by Crippen LogP contribution is -2.53. The topological polar surface area (TPSA) is 80.7 Å². The summed E-state index contributed by atoms with van der Waals surface area (Å²) in [6.07, 6.45) is -0.0518. The van der Waals surface area contributed by atoms with Gasteiger partial charge in [-0.15, -0.1) is 13.2 Å². The summed E-state index contributed by atoms with van der Waals surface area (Å²) in [5, 5.41) is 5.66. The molecule has 184 valence electrons. The van der Waals surface area contributed by atoms with E-state index in [4.69, 9.17) is 16.3 Å². The smallest absolute Gasteiger partial charge is 0.476 e. The van der Waals surface area contributed by atoms with E-state index in [9.17, 15) is 18.0 Å². The number of hydrogen-bond donors (Lipinski definition) is 2. The number of nitrogens with one attached hydrogen (secondary N) is 2. The van der Waals surface area contributed by atoms with Gasteiger partial charge in [0.1, 0.15) is 5.75 Å². The number of halogens is 4. The van der Waals surface area contributed by atoms with E-state index in [1.165, 1.54) is 0 Å². The quantitative estimate of drug-likeness (QED) is 0.650. The number of nitrogens with zero attached hydrogens (tertiary/aromatic N) is 3.